The van der Waals surface area contributed by atoms with E-state index in [-0.39, 0.29) is 18.9 Å². The van der Waals surface area contributed by atoms with Crippen molar-refractivity contribution in [2.24, 2.45) is 0 Å². The first-order chi connectivity index (χ1) is 13.1. The van der Waals surface area contributed by atoms with Gasteiger partial charge in [-0.1, -0.05) is 24.3 Å². The number of methoxy groups -OCH3 is 2. The molecule has 0 aliphatic rings. The molecular formula is C20H25NO6. The van der Waals surface area contributed by atoms with E-state index in [1.165, 1.54) is 0 Å². The molecule has 0 aliphatic carbocycles. The third kappa shape index (κ3) is 7.24. The molecule has 0 atom stereocenters. The zero-order chi connectivity index (χ0) is 19.5. The SMILES string of the molecule is COCCOCCNC(=O)COC(=O)Cc1ccc2cc(OC)ccc2c1. The molecule has 0 radical (unpaired) electrons. The summed E-state index contributed by atoms with van der Waals surface area (Å²) in [5.74, 6) is -0.0246. The quantitative estimate of drug-likeness (QED) is 0.476. The highest BCUT2D eigenvalue weighted by atomic mass is 16.5. The number of esters is 1. The van der Waals surface area contributed by atoms with Crippen LogP contribution in [-0.4, -0.2) is 59.1 Å². The second-order valence-corrected chi connectivity index (χ2v) is 5.84. The largest absolute Gasteiger partial charge is 0.497 e. The molecular weight excluding hydrogens is 350 g/mol. The number of amides is 1. The summed E-state index contributed by atoms with van der Waals surface area (Å²) in [5.41, 5.74) is 0.824. The minimum atomic E-state index is -0.450. The Balaban J connectivity index is 1.72. The number of hydrogen-bond donors (Lipinski definition) is 1. The lowest BCUT2D eigenvalue weighted by atomic mass is 10.0. The van der Waals surface area contributed by atoms with Gasteiger partial charge in [-0.25, -0.2) is 0 Å². The van der Waals surface area contributed by atoms with Crippen molar-refractivity contribution in [3.8, 4) is 5.75 Å². The fraction of sp³-hybridized carbons (Fsp3) is 0.400. The predicted molar refractivity (Wildman–Crippen MR) is 101 cm³/mol. The molecule has 0 bridgehead atoms. The molecule has 0 aliphatic heterocycles. The summed E-state index contributed by atoms with van der Waals surface area (Å²) in [7, 11) is 3.21. The summed E-state index contributed by atoms with van der Waals surface area (Å²) < 4.78 is 20.3. The minimum Gasteiger partial charge on any atom is -0.497 e. The van der Waals surface area contributed by atoms with Gasteiger partial charge in [0.2, 0.25) is 0 Å². The topological polar surface area (TPSA) is 83.1 Å². The van der Waals surface area contributed by atoms with E-state index in [4.69, 9.17) is 18.9 Å². The fourth-order valence-corrected chi connectivity index (χ4v) is 2.43. The maximum absolute atomic E-state index is 11.9. The Hall–Kier alpha value is -2.64. The highest BCUT2D eigenvalue weighted by Crippen LogP contribution is 2.22. The Morgan fingerprint density at radius 2 is 1.74 bits per heavy atom. The average molecular weight is 375 g/mol. The van der Waals surface area contributed by atoms with Crippen LogP contribution in [0.5, 0.6) is 5.75 Å². The van der Waals surface area contributed by atoms with E-state index in [0.717, 1.165) is 22.1 Å². The Kier molecular flexibility index (Phi) is 8.54. The van der Waals surface area contributed by atoms with Gasteiger partial charge in [0.05, 0.1) is 33.4 Å². The molecule has 0 fully saturated rings. The van der Waals surface area contributed by atoms with Gasteiger partial charge in [-0.05, 0) is 28.5 Å². The van der Waals surface area contributed by atoms with Crippen molar-refractivity contribution in [2.75, 3.05) is 47.2 Å². The molecule has 146 valence electrons. The van der Waals surface area contributed by atoms with Crippen molar-refractivity contribution in [3.63, 3.8) is 0 Å². The molecule has 0 unspecified atom stereocenters. The lowest BCUT2D eigenvalue weighted by Crippen LogP contribution is -2.32. The number of carbonyl (C=O) groups is 2. The number of carbonyl (C=O) groups excluding carboxylic acids is 2. The number of rotatable bonds is 11. The van der Waals surface area contributed by atoms with Crippen LogP contribution in [0.2, 0.25) is 0 Å². The van der Waals surface area contributed by atoms with Crippen LogP contribution in [0.1, 0.15) is 5.56 Å². The van der Waals surface area contributed by atoms with Crippen molar-refractivity contribution >= 4 is 22.6 Å². The first kappa shape index (κ1) is 20.7. The van der Waals surface area contributed by atoms with Crippen LogP contribution in [0, 0.1) is 0 Å². The molecule has 2 rings (SSSR count). The summed E-state index contributed by atoms with van der Waals surface area (Å²) in [5, 5.41) is 4.65. The van der Waals surface area contributed by atoms with Crippen molar-refractivity contribution in [2.45, 2.75) is 6.42 Å². The standard InChI is InChI=1S/C20H25NO6/c1-24-9-10-26-8-7-21-19(22)14-27-20(23)12-15-3-4-17-13-18(25-2)6-5-16(17)11-15/h3-6,11,13H,7-10,12,14H2,1-2H3,(H,21,22). The van der Waals surface area contributed by atoms with E-state index in [1.807, 2.05) is 36.4 Å². The molecule has 27 heavy (non-hydrogen) atoms. The van der Waals surface area contributed by atoms with Gasteiger partial charge in [0.15, 0.2) is 6.61 Å². The zero-order valence-corrected chi connectivity index (χ0v) is 15.7. The summed E-state index contributed by atoms with van der Waals surface area (Å²) in [6, 6.07) is 11.4. The molecule has 1 N–H and O–H groups in total. The van der Waals surface area contributed by atoms with Crippen LogP contribution in [0.4, 0.5) is 0 Å². The number of fused-ring (bicyclic) bond motifs is 1. The van der Waals surface area contributed by atoms with E-state index in [2.05, 4.69) is 5.32 Å². The van der Waals surface area contributed by atoms with E-state index < -0.39 is 5.97 Å². The van der Waals surface area contributed by atoms with Gasteiger partial charge in [0.1, 0.15) is 5.75 Å². The van der Waals surface area contributed by atoms with Crippen LogP contribution in [0.3, 0.4) is 0 Å². The molecule has 2 aromatic carbocycles. The van der Waals surface area contributed by atoms with Gasteiger partial charge in [0.25, 0.3) is 5.91 Å². The maximum Gasteiger partial charge on any atom is 0.310 e. The lowest BCUT2D eigenvalue weighted by molar-refractivity contribution is -0.147. The van der Waals surface area contributed by atoms with Crippen LogP contribution in [-0.2, 0) is 30.2 Å². The number of ether oxygens (including phenoxy) is 4. The Bertz CT molecular complexity index is 761. The molecule has 0 aromatic heterocycles. The summed E-state index contributed by atoms with van der Waals surface area (Å²) in [6.45, 7) is 1.41. The van der Waals surface area contributed by atoms with Crippen molar-refractivity contribution < 1.29 is 28.5 Å². The average Bonchev–Trinajstić information content (AvgIpc) is 2.68. The number of nitrogens with one attached hydrogen (secondary N) is 1. The van der Waals surface area contributed by atoms with Gasteiger partial charge in [-0.15, -0.1) is 0 Å². The first-order valence-electron chi connectivity index (χ1n) is 8.68. The molecule has 1 amide bonds. The van der Waals surface area contributed by atoms with E-state index in [1.54, 1.807) is 14.2 Å². The third-order valence-corrected chi connectivity index (χ3v) is 3.82. The summed E-state index contributed by atoms with van der Waals surface area (Å²) >= 11 is 0. The highest BCUT2D eigenvalue weighted by molar-refractivity contribution is 5.86. The lowest BCUT2D eigenvalue weighted by Gasteiger charge is -2.08. The molecule has 0 saturated carbocycles. The van der Waals surface area contributed by atoms with Crippen molar-refractivity contribution in [1.82, 2.24) is 5.32 Å². The first-order valence-corrected chi connectivity index (χ1v) is 8.68. The Morgan fingerprint density at radius 3 is 2.52 bits per heavy atom. The molecule has 7 nitrogen and oxygen atoms in total. The van der Waals surface area contributed by atoms with E-state index >= 15 is 0 Å². The monoisotopic (exact) mass is 375 g/mol. The highest BCUT2D eigenvalue weighted by Gasteiger charge is 2.09. The number of benzene rings is 2. The van der Waals surface area contributed by atoms with Gasteiger partial charge in [-0.3, -0.25) is 9.59 Å². The van der Waals surface area contributed by atoms with Crippen LogP contribution in [0.25, 0.3) is 10.8 Å². The Labute approximate surface area is 158 Å². The van der Waals surface area contributed by atoms with Crippen LogP contribution >= 0.6 is 0 Å². The minimum absolute atomic E-state index is 0.107. The van der Waals surface area contributed by atoms with E-state index in [9.17, 15) is 9.59 Å². The van der Waals surface area contributed by atoms with Crippen LogP contribution < -0.4 is 10.1 Å². The predicted octanol–water partition coefficient (Wildman–Crippen LogP) is 1.71. The summed E-state index contributed by atoms with van der Waals surface area (Å²) in [4.78, 5) is 23.6. The van der Waals surface area contributed by atoms with Gasteiger partial charge < -0.3 is 24.3 Å². The third-order valence-electron chi connectivity index (χ3n) is 3.82. The molecule has 0 saturated heterocycles. The normalized spacial score (nSPS) is 10.6. The van der Waals surface area contributed by atoms with Crippen molar-refractivity contribution in [1.29, 1.82) is 0 Å². The van der Waals surface area contributed by atoms with Gasteiger partial charge in [0, 0.05) is 13.7 Å². The Morgan fingerprint density at radius 1 is 0.963 bits per heavy atom. The molecule has 7 heteroatoms. The molecule has 0 spiro atoms. The molecule has 0 heterocycles. The smallest absolute Gasteiger partial charge is 0.310 e. The van der Waals surface area contributed by atoms with Gasteiger partial charge in [-0.2, -0.15) is 0 Å². The molecule has 2 aromatic rings. The second kappa shape index (κ2) is 11.2. The van der Waals surface area contributed by atoms with Crippen LogP contribution in [0.15, 0.2) is 36.4 Å². The number of hydrogen-bond acceptors (Lipinski definition) is 6. The fourth-order valence-electron chi connectivity index (χ4n) is 2.43. The second-order valence-electron chi connectivity index (χ2n) is 5.84. The van der Waals surface area contributed by atoms with E-state index in [0.29, 0.717) is 26.4 Å². The maximum atomic E-state index is 11.9. The van der Waals surface area contributed by atoms with Crippen molar-refractivity contribution in [3.05, 3.63) is 42.0 Å². The van der Waals surface area contributed by atoms with Gasteiger partial charge >= 0.3 is 5.97 Å². The summed E-state index contributed by atoms with van der Waals surface area (Å²) in [6.07, 6.45) is 0.107. The zero-order valence-electron chi connectivity index (χ0n) is 15.7.